The molecule has 1 aromatic carbocycles. The average Bonchev–Trinajstić information content (AvgIpc) is 2.75. The van der Waals surface area contributed by atoms with E-state index in [2.05, 4.69) is 15.9 Å². The Morgan fingerprint density at radius 3 is 2.75 bits per heavy atom. The highest BCUT2D eigenvalue weighted by Crippen LogP contribution is 2.37. The minimum Gasteiger partial charge on any atom is -0.444 e. The summed E-state index contributed by atoms with van der Waals surface area (Å²) in [6.07, 6.45) is 1.68. The van der Waals surface area contributed by atoms with Gasteiger partial charge in [0.1, 0.15) is 5.60 Å². The van der Waals surface area contributed by atoms with Gasteiger partial charge in [0.2, 0.25) is 0 Å². The lowest BCUT2D eigenvalue weighted by Crippen LogP contribution is -2.36. The summed E-state index contributed by atoms with van der Waals surface area (Å²) in [5, 5.41) is 0.683. The van der Waals surface area contributed by atoms with Gasteiger partial charge in [0.05, 0.1) is 6.04 Å². The third-order valence-corrected chi connectivity index (χ3v) is 4.12. The standard InChI is InChI=1S/C15H19BrClNO2/c1-15(2,3)20-14(19)18-8-4-5-13(18)11-7-6-10(17)9-12(11)16/h6-7,9,13H,4-5,8H2,1-3H3/t13-/m1/s1. The summed E-state index contributed by atoms with van der Waals surface area (Å²) < 4.78 is 6.42. The van der Waals surface area contributed by atoms with Gasteiger partial charge in [0, 0.05) is 16.0 Å². The largest absolute Gasteiger partial charge is 0.444 e. The van der Waals surface area contributed by atoms with Crippen LogP contribution in [0.1, 0.15) is 45.2 Å². The van der Waals surface area contributed by atoms with Crippen LogP contribution in [0.25, 0.3) is 0 Å². The Balaban J connectivity index is 2.21. The number of ether oxygens (including phenoxy) is 1. The molecule has 0 aromatic heterocycles. The van der Waals surface area contributed by atoms with E-state index >= 15 is 0 Å². The van der Waals surface area contributed by atoms with Crippen LogP contribution in [0.15, 0.2) is 22.7 Å². The normalized spacial score (nSPS) is 19.2. The van der Waals surface area contributed by atoms with E-state index < -0.39 is 5.60 Å². The highest BCUT2D eigenvalue weighted by Gasteiger charge is 2.33. The van der Waals surface area contributed by atoms with Gasteiger partial charge in [0.25, 0.3) is 0 Å². The van der Waals surface area contributed by atoms with Gasteiger partial charge in [-0.15, -0.1) is 0 Å². The zero-order valence-electron chi connectivity index (χ0n) is 12.0. The van der Waals surface area contributed by atoms with Crippen molar-refractivity contribution in [1.29, 1.82) is 0 Å². The van der Waals surface area contributed by atoms with Gasteiger partial charge < -0.3 is 9.64 Å². The Bertz CT molecular complexity index is 513. The first-order valence-corrected chi connectivity index (χ1v) is 7.89. The van der Waals surface area contributed by atoms with E-state index in [9.17, 15) is 4.79 Å². The number of rotatable bonds is 1. The number of halogens is 2. The van der Waals surface area contributed by atoms with Crippen LogP contribution in [-0.2, 0) is 4.74 Å². The zero-order chi connectivity index (χ0) is 14.9. The molecule has 0 unspecified atom stereocenters. The van der Waals surface area contributed by atoms with Crippen LogP contribution in [-0.4, -0.2) is 23.1 Å². The quantitative estimate of drug-likeness (QED) is 0.691. The minimum atomic E-state index is -0.471. The fourth-order valence-corrected chi connectivity index (χ4v) is 3.35. The van der Waals surface area contributed by atoms with Crippen molar-refractivity contribution in [3.8, 4) is 0 Å². The molecule has 3 nitrogen and oxygen atoms in total. The van der Waals surface area contributed by atoms with Gasteiger partial charge in [-0.25, -0.2) is 4.79 Å². The first-order chi connectivity index (χ1) is 9.28. The van der Waals surface area contributed by atoms with Gasteiger partial charge in [-0.3, -0.25) is 0 Å². The first-order valence-electron chi connectivity index (χ1n) is 6.72. The molecule has 1 aliphatic rings. The fourth-order valence-electron chi connectivity index (χ4n) is 2.40. The van der Waals surface area contributed by atoms with Crippen molar-refractivity contribution in [3.05, 3.63) is 33.3 Å². The van der Waals surface area contributed by atoms with E-state index in [-0.39, 0.29) is 12.1 Å². The molecule has 1 atom stereocenters. The molecule has 110 valence electrons. The predicted octanol–water partition coefficient (Wildman–Crippen LogP) is 5.17. The number of hydrogen-bond acceptors (Lipinski definition) is 2. The molecule has 2 rings (SSSR count). The minimum absolute atomic E-state index is 0.0523. The van der Waals surface area contributed by atoms with Gasteiger partial charge in [-0.05, 0) is 51.3 Å². The molecule has 20 heavy (non-hydrogen) atoms. The maximum Gasteiger partial charge on any atom is 0.410 e. The molecule has 0 bridgehead atoms. The molecule has 0 spiro atoms. The Morgan fingerprint density at radius 2 is 2.15 bits per heavy atom. The predicted molar refractivity (Wildman–Crippen MR) is 84.1 cm³/mol. The van der Waals surface area contributed by atoms with Gasteiger partial charge in [-0.1, -0.05) is 33.6 Å². The fraction of sp³-hybridized carbons (Fsp3) is 0.533. The molecule has 1 heterocycles. The van der Waals surface area contributed by atoms with Crippen LogP contribution < -0.4 is 0 Å². The van der Waals surface area contributed by atoms with Crippen LogP contribution >= 0.6 is 27.5 Å². The van der Waals surface area contributed by atoms with Gasteiger partial charge in [-0.2, -0.15) is 0 Å². The van der Waals surface area contributed by atoms with E-state index in [0.29, 0.717) is 5.02 Å². The SMILES string of the molecule is CC(C)(C)OC(=O)N1CCC[C@@H]1c1ccc(Cl)cc1Br. The number of nitrogens with zero attached hydrogens (tertiary/aromatic N) is 1. The molecule has 1 saturated heterocycles. The summed E-state index contributed by atoms with van der Waals surface area (Å²) in [6, 6.07) is 5.74. The van der Waals surface area contributed by atoms with Crippen LogP contribution in [0.3, 0.4) is 0 Å². The summed E-state index contributed by atoms with van der Waals surface area (Å²) in [6.45, 7) is 6.38. The monoisotopic (exact) mass is 359 g/mol. The molecule has 1 aliphatic heterocycles. The van der Waals surface area contributed by atoms with E-state index in [0.717, 1.165) is 29.4 Å². The van der Waals surface area contributed by atoms with Crippen molar-refractivity contribution in [1.82, 2.24) is 4.90 Å². The lowest BCUT2D eigenvalue weighted by Gasteiger charge is -2.29. The van der Waals surface area contributed by atoms with Gasteiger partial charge in [0.15, 0.2) is 0 Å². The van der Waals surface area contributed by atoms with Crippen molar-refractivity contribution in [2.45, 2.75) is 45.3 Å². The maximum absolute atomic E-state index is 12.3. The molecule has 0 aliphatic carbocycles. The Labute approximate surface area is 133 Å². The van der Waals surface area contributed by atoms with Crippen molar-refractivity contribution < 1.29 is 9.53 Å². The smallest absolute Gasteiger partial charge is 0.410 e. The summed E-state index contributed by atoms with van der Waals surface area (Å²) in [5.74, 6) is 0. The molecular formula is C15H19BrClNO2. The van der Waals surface area contributed by atoms with Crippen LogP contribution in [0.2, 0.25) is 5.02 Å². The summed E-state index contributed by atoms with van der Waals surface area (Å²) >= 11 is 9.51. The highest BCUT2D eigenvalue weighted by molar-refractivity contribution is 9.10. The number of carbonyl (C=O) groups excluding carboxylic acids is 1. The van der Waals surface area contributed by atoms with Crippen molar-refractivity contribution >= 4 is 33.6 Å². The van der Waals surface area contributed by atoms with Crippen LogP contribution in [0.4, 0.5) is 4.79 Å². The second-order valence-corrected chi connectivity index (χ2v) is 7.29. The molecule has 1 aromatic rings. The van der Waals surface area contributed by atoms with Gasteiger partial charge >= 0.3 is 6.09 Å². The van der Waals surface area contributed by atoms with Crippen molar-refractivity contribution in [2.24, 2.45) is 0 Å². The van der Waals surface area contributed by atoms with E-state index in [4.69, 9.17) is 16.3 Å². The molecule has 0 N–H and O–H groups in total. The Kier molecular flexibility index (Phi) is 4.65. The number of carbonyl (C=O) groups is 1. The second-order valence-electron chi connectivity index (χ2n) is 6.00. The zero-order valence-corrected chi connectivity index (χ0v) is 14.3. The van der Waals surface area contributed by atoms with E-state index in [1.807, 2.05) is 39.0 Å². The molecule has 1 amide bonds. The number of likely N-dealkylation sites (tertiary alicyclic amines) is 1. The molecule has 5 heteroatoms. The lowest BCUT2D eigenvalue weighted by molar-refractivity contribution is 0.0224. The third-order valence-electron chi connectivity index (χ3n) is 3.20. The van der Waals surface area contributed by atoms with E-state index in [1.165, 1.54) is 0 Å². The van der Waals surface area contributed by atoms with Crippen LogP contribution in [0.5, 0.6) is 0 Å². The molecular weight excluding hydrogens is 342 g/mol. The molecule has 0 radical (unpaired) electrons. The number of benzene rings is 1. The summed E-state index contributed by atoms with van der Waals surface area (Å²) in [5.41, 5.74) is 0.610. The topological polar surface area (TPSA) is 29.5 Å². The maximum atomic E-state index is 12.3. The Hall–Kier alpha value is -0.740. The summed E-state index contributed by atoms with van der Waals surface area (Å²) in [4.78, 5) is 14.1. The van der Waals surface area contributed by atoms with Crippen molar-refractivity contribution in [3.63, 3.8) is 0 Å². The van der Waals surface area contributed by atoms with Crippen molar-refractivity contribution in [2.75, 3.05) is 6.54 Å². The number of hydrogen-bond donors (Lipinski definition) is 0. The average molecular weight is 361 g/mol. The van der Waals surface area contributed by atoms with Crippen LogP contribution in [0, 0.1) is 0 Å². The third kappa shape index (κ3) is 3.67. The number of amides is 1. The van der Waals surface area contributed by atoms with E-state index in [1.54, 1.807) is 4.90 Å². The lowest BCUT2D eigenvalue weighted by atomic mass is 10.0. The molecule has 1 fully saturated rings. The molecule has 0 saturated carbocycles. The summed E-state index contributed by atoms with van der Waals surface area (Å²) in [7, 11) is 0. The highest BCUT2D eigenvalue weighted by atomic mass is 79.9. The first kappa shape index (κ1) is 15.6. The second kappa shape index (κ2) is 5.94. The Morgan fingerprint density at radius 1 is 1.45 bits per heavy atom.